The summed E-state index contributed by atoms with van der Waals surface area (Å²) in [6, 6.07) is 11.5. The molecule has 3 heterocycles. The van der Waals surface area contributed by atoms with Gasteiger partial charge in [-0.1, -0.05) is 23.8 Å². The fourth-order valence-corrected chi connectivity index (χ4v) is 5.07. The van der Waals surface area contributed by atoms with Crippen molar-refractivity contribution >= 4 is 22.8 Å². The quantitative estimate of drug-likeness (QED) is 0.295. The van der Waals surface area contributed by atoms with Gasteiger partial charge in [-0.05, 0) is 69.2 Å². The van der Waals surface area contributed by atoms with E-state index in [1.54, 1.807) is 31.6 Å². The number of ketones is 1. The largest absolute Gasteiger partial charge is 0.444 e. The van der Waals surface area contributed by atoms with Crippen molar-refractivity contribution in [2.24, 2.45) is 0 Å². The maximum Gasteiger partial charge on any atom is 0.416 e. The van der Waals surface area contributed by atoms with Gasteiger partial charge in [-0.25, -0.2) is 4.79 Å². The third-order valence-corrected chi connectivity index (χ3v) is 6.82. The highest BCUT2D eigenvalue weighted by molar-refractivity contribution is 5.99. The Labute approximate surface area is 234 Å². The third-order valence-electron chi connectivity index (χ3n) is 6.82. The van der Waals surface area contributed by atoms with Crippen molar-refractivity contribution in [2.75, 3.05) is 0 Å². The lowest BCUT2D eigenvalue weighted by Crippen LogP contribution is -2.32. The number of ether oxygens (including phenoxy) is 1. The summed E-state index contributed by atoms with van der Waals surface area (Å²) in [6.07, 6.45) is -2.86. The number of fused-ring (bicyclic) bond motifs is 2. The van der Waals surface area contributed by atoms with E-state index in [1.807, 2.05) is 31.2 Å². The number of allylic oxidation sites excluding steroid dienone is 2. The van der Waals surface area contributed by atoms with Gasteiger partial charge < -0.3 is 10.1 Å². The van der Waals surface area contributed by atoms with E-state index in [2.05, 4.69) is 20.6 Å². The van der Waals surface area contributed by atoms with Crippen LogP contribution >= 0.6 is 0 Å². The zero-order valence-electron chi connectivity index (χ0n) is 23.1. The summed E-state index contributed by atoms with van der Waals surface area (Å²) >= 11 is 0. The summed E-state index contributed by atoms with van der Waals surface area (Å²) in [5.74, 6) is -0.148. The number of aromatic amines is 1. The van der Waals surface area contributed by atoms with Crippen LogP contribution in [-0.4, -0.2) is 37.5 Å². The predicted molar refractivity (Wildman–Crippen MR) is 146 cm³/mol. The Balaban J connectivity index is 1.48. The van der Waals surface area contributed by atoms with Crippen LogP contribution in [0.1, 0.15) is 61.8 Å². The number of hydrogen-bond acceptors (Lipinski definition) is 5. The van der Waals surface area contributed by atoms with Crippen LogP contribution in [0.4, 0.5) is 18.0 Å². The molecule has 0 fully saturated rings. The Bertz CT molecular complexity index is 1640. The van der Waals surface area contributed by atoms with Gasteiger partial charge in [-0.2, -0.15) is 23.4 Å². The van der Waals surface area contributed by atoms with Gasteiger partial charge in [-0.15, -0.1) is 0 Å². The number of H-pyrrole nitrogens is 1. The van der Waals surface area contributed by atoms with Crippen LogP contribution in [0.2, 0.25) is 0 Å². The molecule has 2 aromatic heterocycles. The first-order valence-corrected chi connectivity index (χ1v) is 13.1. The smallest absolute Gasteiger partial charge is 0.416 e. The number of Topliss-reactive ketones (excluding diaryl/α,β-unsaturated/α-hetero) is 1. The number of benzene rings is 2. The van der Waals surface area contributed by atoms with Crippen LogP contribution in [-0.2, 0) is 35.1 Å². The number of halogens is 3. The Morgan fingerprint density at radius 2 is 1.83 bits per heavy atom. The molecule has 41 heavy (non-hydrogen) atoms. The number of aromatic nitrogens is 4. The minimum absolute atomic E-state index is 0.0850. The van der Waals surface area contributed by atoms with Crippen molar-refractivity contribution in [2.45, 2.75) is 64.9 Å². The lowest BCUT2D eigenvalue weighted by atomic mass is 9.85. The molecule has 0 bridgehead atoms. The standard InChI is InChI=1S/C30H30F3N5O3/c1-17-11-23-14-22(16-34-28(40)41-29(2,3)4)37-38(23)27(19-6-8-21(9-7-19)30(31,32)33)26(17)25(39)13-18-5-10-24-20(12-18)15-35-36-24/h5-10,12,14-15,27H,11,13,16H2,1-4H3,(H,34,40)(H,35,36). The van der Waals surface area contributed by atoms with Gasteiger partial charge in [-0.3, -0.25) is 14.6 Å². The highest BCUT2D eigenvalue weighted by Gasteiger charge is 2.35. The molecule has 2 N–H and O–H groups in total. The maximum absolute atomic E-state index is 13.9. The molecule has 1 atom stereocenters. The topological polar surface area (TPSA) is 102 Å². The van der Waals surface area contributed by atoms with Crippen molar-refractivity contribution in [1.29, 1.82) is 0 Å². The highest BCUT2D eigenvalue weighted by atomic mass is 19.4. The molecule has 2 aromatic carbocycles. The summed E-state index contributed by atoms with van der Waals surface area (Å²) in [6.45, 7) is 7.23. The zero-order valence-corrected chi connectivity index (χ0v) is 23.1. The van der Waals surface area contributed by atoms with Gasteiger partial charge in [0.2, 0.25) is 0 Å². The van der Waals surface area contributed by atoms with E-state index in [0.717, 1.165) is 39.9 Å². The maximum atomic E-state index is 13.9. The second-order valence-electron chi connectivity index (χ2n) is 11.2. The van der Waals surface area contributed by atoms with Gasteiger partial charge in [0.25, 0.3) is 0 Å². The number of nitrogens with one attached hydrogen (secondary N) is 2. The normalized spacial score (nSPS) is 15.6. The molecule has 0 saturated carbocycles. The molecule has 0 spiro atoms. The summed E-state index contributed by atoms with van der Waals surface area (Å²) in [5.41, 5.74) is 3.32. The van der Waals surface area contributed by atoms with Gasteiger partial charge in [0.15, 0.2) is 5.78 Å². The number of carbonyl (C=O) groups excluding carboxylic acids is 2. The number of carbonyl (C=O) groups is 2. The Morgan fingerprint density at radius 1 is 1.10 bits per heavy atom. The van der Waals surface area contributed by atoms with E-state index in [4.69, 9.17) is 4.74 Å². The Morgan fingerprint density at radius 3 is 2.51 bits per heavy atom. The van der Waals surface area contributed by atoms with Crippen LogP contribution in [0, 0.1) is 0 Å². The monoisotopic (exact) mass is 565 g/mol. The first kappa shape index (κ1) is 28.1. The number of alkyl carbamates (subject to hydrolysis) is 1. The van der Waals surface area contributed by atoms with Gasteiger partial charge >= 0.3 is 12.3 Å². The van der Waals surface area contributed by atoms with E-state index < -0.39 is 29.5 Å². The lowest BCUT2D eigenvalue weighted by Gasteiger charge is -2.29. The molecule has 0 radical (unpaired) electrons. The van der Waals surface area contributed by atoms with Crippen LogP contribution in [0.15, 0.2) is 65.9 Å². The second-order valence-corrected chi connectivity index (χ2v) is 11.2. The minimum Gasteiger partial charge on any atom is -0.444 e. The fraction of sp³-hybridized carbons (Fsp3) is 0.333. The number of alkyl halides is 3. The molecule has 11 heteroatoms. The van der Waals surface area contributed by atoms with E-state index in [-0.39, 0.29) is 18.7 Å². The van der Waals surface area contributed by atoms with E-state index >= 15 is 0 Å². The summed E-state index contributed by atoms with van der Waals surface area (Å²) in [5, 5.41) is 15.2. The molecular formula is C30H30F3N5O3. The SMILES string of the molecule is CC1=C(C(=O)Cc2ccc3[nH]ncc3c2)C(c2ccc(C(F)(F)F)cc2)n2nc(CNC(=O)OC(C)(C)C)cc2C1. The highest BCUT2D eigenvalue weighted by Crippen LogP contribution is 2.38. The molecule has 1 unspecified atom stereocenters. The van der Waals surface area contributed by atoms with Crippen molar-refractivity contribution in [3.8, 4) is 0 Å². The fourth-order valence-electron chi connectivity index (χ4n) is 5.07. The van der Waals surface area contributed by atoms with Gasteiger partial charge in [0.05, 0.1) is 29.5 Å². The Kier molecular flexibility index (Phi) is 7.23. The third kappa shape index (κ3) is 6.18. The lowest BCUT2D eigenvalue weighted by molar-refractivity contribution is -0.137. The van der Waals surface area contributed by atoms with E-state index in [1.165, 1.54) is 12.1 Å². The Hall–Kier alpha value is -4.41. The van der Waals surface area contributed by atoms with Crippen molar-refractivity contribution in [3.05, 3.63) is 94.0 Å². The number of amides is 1. The average Bonchev–Trinajstić information content (AvgIpc) is 3.51. The predicted octanol–water partition coefficient (Wildman–Crippen LogP) is 6.08. The minimum atomic E-state index is -4.49. The van der Waals surface area contributed by atoms with Crippen LogP contribution in [0.3, 0.4) is 0 Å². The van der Waals surface area contributed by atoms with Crippen molar-refractivity contribution in [1.82, 2.24) is 25.3 Å². The first-order chi connectivity index (χ1) is 19.3. The molecule has 4 aromatic rings. The molecule has 1 aliphatic rings. The molecule has 0 aliphatic carbocycles. The summed E-state index contributed by atoms with van der Waals surface area (Å²) in [7, 11) is 0. The van der Waals surface area contributed by atoms with Gasteiger partial charge in [0, 0.05) is 29.5 Å². The zero-order chi connectivity index (χ0) is 29.5. The molecule has 5 rings (SSSR count). The molecule has 1 aliphatic heterocycles. The first-order valence-electron chi connectivity index (χ1n) is 13.1. The van der Waals surface area contributed by atoms with E-state index in [0.29, 0.717) is 23.3 Å². The molecular weight excluding hydrogens is 535 g/mol. The molecule has 8 nitrogen and oxygen atoms in total. The van der Waals surface area contributed by atoms with Crippen LogP contribution < -0.4 is 5.32 Å². The van der Waals surface area contributed by atoms with Crippen molar-refractivity contribution < 1.29 is 27.5 Å². The molecule has 0 saturated heterocycles. The second kappa shape index (κ2) is 10.5. The average molecular weight is 566 g/mol. The molecule has 1 amide bonds. The van der Waals surface area contributed by atoms with Crippen LogP contribution in [0.5, 0.6) is 0 Å². The van der Waals surface area contributed by atoms with Crippen LogP contribution in [0.25, 0.3) is 10.9 Å². The van der Waals surface area contributed by atoms with Gasteiger partial charge in [0.1, 0.15) is 11.6 Å². The number of rotatable bonds is 6. The summed E-state index contributed by atoms with van der Waals surface area (Å²) in [4.78, 5) is 26.0. The summed E-state index contributed by atoms with van der Waals surface area (Å²) < 4.78 is 46.9. The van der Waals surface area contributed by atoms with E-state index in [9.17, 15) is 22.8 Å². The number of hydrogen-bond donors (Lipinski definition) is 2. The number of nitrogens with zero attached hydrogens (tertiary/aromatic N) is 3. The van der Waals surface area contributed by atoms with Crippen molar-refractivity contribution in [3.63, 3.8) is 0 Å². The molecule has 214 valence electrons.